The lowest BCUT2D eigenvalue weighted by atomic mass is 10.0. The number of aryl methyl sites for hydroxylation is 1. The van der Waals surface area contributed by atoms with Gasteiger partial charge in [-0.3, -0.25) is 0 Å². The van der Waals surface area contributed by atoms with E-state index in [4.69, 9.17) is 0 Å². The van der Waals surface area contributed by atoms with Gasteiger partial charge in [0, 0.05) is 17.6 Å². The van der Waals surface area contributed by atoms with Crippen molar-refractivity contribution >= 4 is 0 Å². The summed E-state index contributed by atoms with van der Waals surface area (Å²) < 4.78 is 26.9. The summed E-state index contributed by atoms with van der Waals surface area (Å²) in [6, 6.07) is 11.5. The van der Waals surface area contributed by atoms with Crippen LogP contribution in [0.25, 0.3) is 0 Å². The molecule has 0 heterocycles. The molecule has 0 saturated heterocycles. The molecule has 20 heavy (non-hydrogen) atoms. The number of hydrogen-bond acceptors (Lipinski definition) is 1. The van der Waals surface area contributed by atoms with Crippen LogP contribution in [0.1, 0.15) is 42.6 Å². The van der Waals surface area contributed by atoms with Crippen LogP contribution in [-0.2, 0) is 0 Å². The van der Waals surface area contributed by atoms with Crippen LogP contribution in [0, 0.1) is 18.6 Å². The summed E-state index contributed by atoms with van der Waals surface area (Å²) >= 11 is 0. The van der Waals surface area contributed by atoms with Crippen LogP contribution in [-0.4, -0.2) is 0 Å². The maximum absolute atomic E-state index is 13.7. The normalized spacial score (nSPS) is 14.1. The molecule has 0 aliphatic rings. The van der Waals surface area contributed by atoms with Gasteiger partial charge in [-0.1, -0.05) is 29.8 Å². The van der Waals surface area contributed by atoms with E-state index >= 15 is 0 Å². The molecular formula is C17H19F2N. The van der Waals surface area contributed by atoms with E-state index in [0.29, 0.717) is 5.56 Å². The second-order valence-electron chi connectivity index (χ2n) is 5.19. The zero-order chi connectivity index (χ0) is 14.7. The molecular weight excluding hydrogens is 256 g/mol. The van der Waals surface area contributed by atoms with Gasteiger partial charge in [-0.05, 0) is 44.5 Å². The van der Waals surface area contributed by atoms with Crippen molar-refractivity contribution in [3.8, 4) is 0 Å². The van der Waals surface area contributed by atoms with E-state index in [0.717, 1.165) is 11.6 Å². The Bertz CT molecular complexity index is 578. The van der Waals surface area contributed by atoms with Crippen LogP contribution >= 0.6 is 0 Å². The number of hydrogen-bond donors (Lipinski definition) is 1. The van der Waals surface area contributed by atoms with Crippen LogP contribution < -0.4 is 5.32 Å². The van der Waals surface area contributed by atoms with Gasteiger partial charge in [0.05, 0.1) is 0 Å². The third-order valence-corrected chi connectivity index (χ3v) is 3.50. The molecule has 0 fully saturated rings. The van der Waals surface area contributed by atoms with Crippen molar-refractivity contribution in [2.24, 2.45) is 0 Å². The van der Waals surface area contributed by atoms with Crippen molar-refractivity contribution in [2.45, 2.75) is 32.9 Å². The van der Waals surface area contributed by atoms with Gasteiger partial charge in [0.1, 0.15) is 11.6 Å². The number of halogens is 2. The van der Waals surface area contributed by atoms with Gasteiger partial charge < -0.3 is 5.32 Å². The highest BCUT2D eigenvalue weighted by Crippen LogP contribution is 2.22. The van der Waals surface area contributed by atoms with Crippen molar-refractivity contribution in [1.82, 2.24) is 5.32 Å². The highest BCUT2D eigenvalue weighted by molar-refractivity contribution is 5.25. The molecule has 0 radical (unpaired) electrons. The minimum atomic E-state index is -0.418. The van der Waals surface area contributed by atoms with Gasteiger partial charge in [0.25, 0.3) is 0 Å². The summed E-state index contributed by atoms with van der Waals surface area (Å²) in [4.78, 5) is 0. The van der Waals surface area contributed by atoms with Crippen molar-refractivity contribution in [1.29, 1.82) is 0 Å². The molecule has 3 heteroatoms. The molecule has 1 N–H and O–H groups in total. The summed E-state index contributed by atoms with van der Waals surface area (Å²) in [5.74, 6) is -0.805. The van der Waals surface area contributed by atoms with E-state index in [1.807, 2.05) is 45.0 Å². The first-order valence-corrected chi connectivity index (χ1v) is 6.75. The SMILES string of the molecule is Cc1ccc([C@H](C)NC(C)c2cc(F)ccc2F)cc1. The quantitative estimate of drug-likeness (QED) is 0.854. The largest absolute Gasteiger partial charge is 0.304 e. The Morgan fingerprint density at radius 1 is 0.900 bits per heavy atom. The number of benzene rings is 2. The zero-order valence-corrected chi connectivity index (χ0v) is 12.0. The lowest BCUT2D eigenvalue weighted by Crippen LogP contribution is -2.23. The smallest absolute Gasteiger partial charge is 0.128 e. The fraction of sp³-hybridized carbons (Fsp3) is 0.294. The molecule has 0 saturated carbocycles. The summed E-state index contributed by atoms with van der Waals surface area (Å²) in [5.41, 5.74) is 2.67. The minimum absolute atomic E-state index is 0.0632. The molecule has 0 aromatic heterocycles. The third kappa shape index (κ3) is 3.42. The van der Waals surface area contributed by atoms with Crippen LogP contribution in [0.15, 0.2) is 42.5 Å². The first-order valence-electron chi connectivity index (χ1n) is 6.75. The van der Waals surface area contributed by atoms with Gasteiger partial charge in [0.2, 0.25) is 0 Å². The summed E-state index contributed by atoms with van der Waals surface area (Å²) in [5, 5.41) is 3.29. The maximum atomic E-state index is 13.7. The van der Waals surface area contributed by atoms with Crippen LogP contribution in [0.3, 0.4) is 0 Å². The monoisotopic (exact) mass is 275 g/mol. The molecule has 0 amide bonds. The second-order valence-corrected chi connectivity index (χ2v) is 5.19. The van der Waals surface area contributed by atoms with Crippen LogP contribution in [0.5, 0.6) is 0 Å². The Labute approximate surface area is 118 Å². The highest BCUT2D eigenvalue weighted by Gasteiger charge is 2.15. The summed E-state index contributed by atoms with van der Waals surface area (Å²) in [6.07, 6.45) is 0. The molecule has 1 unspecified atom stereocenters. The van der Waals surface area contributed by atoms with Crippen molar-refractivity contribution in [3.05, 3.63) is 70.8 Å². The molecule has 0 bridgehead atoms. The predicted molar refractivity (Wildman–Crippen MR) is 77.5 cm³/mol. The van der Waals surface area contributed by atoms with Crippen LogP contribution in [0.2, 0.25) is 0 Å². The van der Waals surface area contributed by atoms with Gasteiger partial charge in [-0.25, -0.2) is 8.78 Å². The molecule has 0 spiro atoms. The highest BCUT2D eigenvalue weighted by atomic mass is 19.1. The molecule has 2 rings (SSSR count). The van der Waals surface area contributed by atoms with Crippen molar-refractivity contribution in [2.75, 3.05) is 0 Å². The Morgan fingerprint density at radius 2 is 1.55 bits per heavy atom. The first-order chi connectivity index (χ1) is 9.47. The average molecular weight is 275 g/mol. The van der Waals surface area contributed by atoms with E-state index in [-0.39, 0.29) is 17.9 Å². The zero-order valence-electron chi connectivity index (χ0n) is 12.0. The Kier molecular flexibility index (Phi) is 4.50. The molecule has 0 aliphatic heterocycles. The maximum Gasteiger partial charge on any atom is 0.128 e. The van der Waals surface area contributed by atoms with E-state index in [1.54, 1.807) is 0 Å². The first kappa shape index (κ1) is 14.7. The van der Waals surface area contributed by atoms with Gasteiger partial charge in [-0.15, -0.1) is 0 Å². The van der Waals surface area contributed by atoms with E-state index in [9.17, 15) is 8.78 Å². The van der Waals surface area contributed by atoms with E-state index < -0.39 is 5.82 Å². The minimum Gasteiger partial charge on any atom is -0.304 e. The predicted octanol–water partition coefficient (Wildman–Crippen LogP) is 4.69. The fourth-order valence-corrected chi connectivity index (χ4v) is 2.26. The third-order valence-electron chi connectivity index (χ3n) is 3.50. The average Bonchev–Trinajstić information content (AvgIpc) is 2.42. The van der Waals surface area contributed by atoms with Gasteiger partial charge in [-0.2, -0.15) is 0 Å². The van der Waals surface area contributed by atoms with Crippen molar-refractivity contribution < 1.29 is 8.78 Å². The topological polar surface area (TPSA) is 12.0 Å². The Hall–Kier alpha value is -1.74. The summed E-state index contributed by atoms with van der Waals surface area (Å²) in [6.45, 7) is 5.88. The molecule has 0 aliphatic carbocycles. The van der Waals surface area contributed by atoms with Crippen molar-refractivity contribution in [3.63, 3.8) is 0 Å². The van der Waals surface area contributed by atoms with E-state index in [2.05, 4.69) is 5.32 Å². The Balaban J connectivity index is 2.12. The molecule has 106 valence electrons. The molecule has 2 aromatic rings. The van der Waals surface area contributed by atoms with Gasteiger partial charge >= 0.3 is 0 Å². The molecule has 2 aromatic carbocycles. The van der Waals surface area contributed by atoms with Crippen LogP contribution in [0.4, 0.5) is 8.78 Å². The molecule has 1 nitrogen and oxygen atoms in total. The Morgan fingerprint density at radius 3 is 2.20 bits per heavy atom. The standard InChI is InChI=1S/C17H19F2N/c1-11-4-6-14(7-5-11)12(2)20-13(3)16-10-15(18)8-9-17(16)19/h4-10,12-13,20H,1-3H3/t12-,13?/m0/s1. The number of nitrogens with one attached hydrogen (secondary N) is 1. The lowest BCUT2D eigenvalue weighted by molar-refractivity contribution is 0.470. The second kappa shape index (κ2) is 6.14. The number of rotatable bonds is 4. The van der Waals surface area contributed by atoms with E-state index in [1.165, 1.54) is 17.7 Å². The van der Waals surface area contributed by atoms with Gasteiger partial charge in [0.15, 0.2) is 0 Å². The summed E-state index contributed by atoms with van der Waals surface area (Å²) in [7, 11) is 0. The fourth-order valence-electron chi connectivity index (χ4n) is 2.26. The molecule has 2 atom stereocenters. The lowest BCUT2D eigenvalue weighted by Gasteiger charge is -2.21.